The lowest BCUT2D eigenvalue weighted by molar-refractivity contribution is -0.122. The summed E-state index contributed by atoms with van der Waals surface area (Å²) in [5.41, 5.74) is 1.60. The summed E-state index contributed by atoms with van der Waals surface area (Å²) < 4.78 is 32.5. The Hall–Kier alpha value is -2.38. The van der Waals surface area contributed by atoms with Crippen LogP contribution in [-0.4, -0.2) is 37.8 Å². The Labute approximate surface area is 166 Å². The zero-order valence-corrected chi connectivity index (χ0v) is 17.0. The highest BCUT2D eigenvalue weighted by molar-refractivity contribution is 7.89. The van der Waals surface area contributed by atoms with Crippen molar-refractivity contribution in [2.45, 2.75) is 44.1 Å². The van der Waals surface area contributed by atoms with Crippen molar-refractivity contribution in [2.24, 2.45) is 0 Å². The highest BCUT2D eigenvalue weighted by Gasteiger charge is 2.27. The monoisotopic (exact) mass is 402 g/mol. The van der Waals surface area contributed by atoms with Gasteiger partial charge in [-0.2, -0.15) is 4.31 Å². The minimum Gasteiger partial charge on any atom is -0.481 e. The molecule has 1 aliphatic heterocycles. The first-order valence-corrected chi connectivity index (χ1v) is 11.0. The minimum absolute atomic E-state index is 0.246. The number of sulfonamides is 1. The second-order valence-corrected chi connectivity index (χ2v) is 8.89. The zero-order valence-electron chi connectivity index (χ0n) is 16.2. The number of aryl methyl sites for hydroxylation is 1. The summed E-state index contributed by atoms with van der Waals surface area (Å²) >= 11 is 0. The molecule has 6 nitrogen and oxygen atoms in total. The van der Waals surface area contributed by atoms with Gasteiger partial charge in [-0.3, -0.25) is 4.79 Å². The second kappa shape index (κ2) is 8.75. The normalized spacial score (nSPS) is 15.9. The smallest absolute Gasteiger partial charge is 0.265 e. The molecule has 1 heterocycles. The van der Waals surface area contributed by atoms with E-state index in [0.717, 1.165) is 18.4 Å². The highest BCUT2D eigenvalue weighted by Crippen LogP contribution is 2.22. The fraction of sp³-hybridized carbons (Fsp3) is 0.381. The molecule has 1 fully saturated rings. The number of benzene rings is 2. The van der Waals surface area contributed by atoms with Crippen LogP contribution in [-0.2, 0) is 14.8 Å². The molecule has 7 heteroatoms. The molecular weight excluding hydrogens is 376 g/mol. The molecule has 1 unspecified atom stereocenters. The van der Waals surface area contributed by atoms with E-state index in [1.54, 1.807) is 12.1 Å². The maximum absolute atomic E-state index is 12.6. The lowest BCUT2D eigenvalue weighted by Gasteiger charge is -2.18. The van der Waals surface area contributed by atoms with Gasteiger partial charge in [0.25, 0.3) is 5.91 Å². The summed E-state index contributed by atoms with van der Waals surface area (Å²) in [6.45, 7) is 4.97. The van der Waals surface area contributed by atoms with Gasteiger partial charge in [0, 0.05) is 18.8 Å². The van der Waals surface area contributed by atoms with E-state index in [9.17, 15) is 13.2 Å². The first-order chi connectivity index (χ1) is 13.4. The predicted molar refractivity (Wildman–Crippen MR) is 109 cm³/mol. The topological polar surface area (TPSA) is 75.7 Å². The van der Waals surface area contributed by atoms with Crippen LogP contribution < -0.4 is 10.1 Å². The Balaban J connectivity index is 1.66. The third kappa shape index (κ3) is 4.72. The van der Waals surface area contributed by atoms with Crippen LogP contribution in [0.25, 0.3) is 0 Å². The van der Waals surface area contributed by atoms with Crippen LogP contribution in [0.15, 0.2) is 53.4 Å². The Morgan fingerprint density at radius 2 is 1.82 bits per heavy atom. The van der Waals surface area contributed by atoms with Crippen LogP contribution in [0.5, 0.6) is 5.75 Å². The molecular formula is C21H26N2O4S. The molecule has 0 bridgehead atoms. The molecule has 0 saturated carbocycles. The van der Waals surface area contributed by atoms with E-state index in [1.165, 1.54) is 16.4 Å². The summed E-state index contributed by atoms with van der Waals surface area (Å²) in [6, 6.07) is 13.8. The van der Waals surface area contributed by atoms with Gasteiger partial charge in [-0.05, 0) is 68.1 Å². The number of amides is 1. The molecule has 0 spiro atoms. The molecule has 0 radical (unpaired) electrons. The van der Waals surface area contributed by atoms with Gasteiger partial charge in [0.2, 0.25) is 10.0 Å². The minimum atomic E-state index is -3.45. The highest BCUT2D eigenvalue weighted by atomic mass is 32.2. The number of hydrogen-bond donors (Lipinski definition) is 1. The molecule has 1 saturated heterocycles. The van der Waals surface area contributed by atoms with E-state index in [1.807, 2.05) is 38.1 Å². The first-order valence-electron chi connectivity index (χ1n) is 9.54. The molecule has 0 aliphatic carbocycles. The fourth-order valence-corrected chi connectivity index (χ4v) is 4.70. The first kappa shape index (κ1) is 20.4. The Morgan fingerprint density at radius 3 is 2.43 bits per heavy atom. The summed E-state index contributed by atoms with van der Waals surface area (Å²) in [7, 11) is -3.45. The number of hydrogen-bond acceptors (Lipinski definition) is 4. The van der Waals surface area contributed by atoms with Crippen LogP contribution in [0, 0.1) is 6.92 Å². The molecule has 3 rings (SSSR count). The van der Waals surface area contributed by atoms with Crippen LogP contribution in [0.4, 0.5) is 5.69 Å². The van der Waals surface area contributed by atoms with Gasteiger partial charge in [0.05, 0.1) is 4.90 Å². The number of rotatable bonds is 7. The van der Waals surface area contributed by atoms with Crippen molar-refractivity contribution in [3.63, 3.8) is 0 Å². The third-order valence-electron chi connectivity index (χ3n) is 4.76. The van der Waals surface area contributed by atoms with Crippen molar-refractivity contribution in [2.75, 3.05) is 18.4 Å². The van der Waals surface area contributed by atoms with Crippen molar-refractivity contribution in [1.29, 1.82) is 0 Å². The van der Waals surface area contributed by atoms with Crippen LogP contribution in [0.2, 0.25) is 0 Å². The molecule has 1 amide bonds. The molecule has 1 atom stereocenters. The summed E-state index contributed by atoms with van der Waals surface area (Å²) in [4.78, 5) is 12.8. The van der Waals surface area contributed by atoms with Gasteiger partial charge in [0.15, 0.2) is 6.10 Å². The number of nitrogens with one attached hydrogen (secondary N) is 1. The Kier molecular flexibility index (Phi) is 6.36. The SMILES string of the molecule is CCC(Oc1cccc(C)c1)C(=O)Nc1ccc(S(=O)(=O)N2CCCC2)cc1. The molecule has 150 valence electrons. The van der Waals surface area contributed by atoms with Gasteiger partial charge in [-0.1, -0.05) is 19.1 Å². The quantitative estimate of drug-likeness (QED) is 0.768. The van der Waals surface area contributed by atoms with E-state index >= 15 is 0 Å². The summed E-state index contributed by atoms with van der Waals surface area (Å²) in [5.74, 6) is 0.383. The van der Waals surface area contributed by atoms with E-state index in [2.05, 4.69) is 5.32 Å². The maximum atomic E-state index is 12.6. The Bertz CT molecular complexity index is 920. The van der Waals surface area contributed by atoms with Crippen molar-refractivity contribution in [1.82, 2.24) is 4.31 Å². The number of carbonyl (C=O) groups excluding carboxylic acids is 1. The van der Waals surface area contributed by atoms with Gasteiger partial charge in [0.1, 0.15) is 5.75 Å². The molecule has 1 aliphatic rings. The lowest BCUT2D eigenvalue weighted by atomic mass is 10.2. The van der Waals surface area contributed by atoms with E-state index < -0.39 is 16.1 Å². The van der Waals surface area contributed by atoms with Crippen LogP contribution >= 0.6 is 0 Å². The van der Waals surface area contributed by atoms with Crippen LogP contribution in [0.1, 0.15) is 31.7 Å². The van der Waals surface area contributed by atoms with Crippen molar-refractivity contribution < 1.29 is 17.9 Å². The molecule has 1 N–H and O–H groups in total. The van der Waals surface area contributed by atoms with Gasteiger partial charge in [-0.25, -0.2) is 8.42 Å². The molecule has 2 aromatic rings. The van der Waals surface area contributed by atoms with E-state index in [-0.39, 0.29) is 10.8 Å². The van der Waals surface area contributed by atoms with Gasteiger partial charge >= 0.3 is 0 Å². The van der Waals surface area contributed by atoms with Crippen LogP contribution in [0.3, 0.4) is 0 Å². The summed E-state index contributed by atoms with van der Waals surface area (Å²) in [6.07, 6.45) is 1.68. The number of nitrogens with zero attached hydrogens (tertiary/aromatic N) is 1. The third-order valence-corrected chi connectivity index (χ3v) is 6.67. The average molecular weight is 403 g/mol. The largest absolute Gasteiger partial charge is 0.481 e. The van der Waals surface area contributed by atoms with E-state index in [4.69, 9.17) is 4.74 Å². The lowest BCUT2D eigenvalue weighted by Crippen LogP contribution is -2.32. The second-order valence-electron chi connectivity index (χ2n) is 6.96. The average Bonchev–Trinajstić information content (AvgIpc) is 3.22. The number of ether oxygens (including phenoxy) is 1. The van der Waals surface area contributed by atoms with Crippen molar-refractivity contribution in [3.05, 3.63) is 54.1 Å². The molecule has 28 heavy (non-hydrogen) atoms. The summed E-state index contributed by atoms with van der Waals surface area (Å²) in [5, 5.41) is 2.80. The zero-order chi connectivity index (χ0) is 20.1. The van der Waals surface area contributed by atoms with Gasteiger partial charge < -0.3 is 10.1 Å². The Morgan fingerprint density at radius 1 is 1.14 bits per heavy atom. The van der Waals surface area contributed by atoms with Crippen molar-refractivity contribution >= 4 is 21.6 Å². The standard InChI is InChI=1S/C21H26N2O4S/c1-3-20(27-18-8-6-7-16(2)15-18)21(24)22-17-9-11-19(12-10-17)28(25,26)23-13-4-5-14-23/h6-12,15,20H,3-5,13-14H2,1-2H3,(H,22,24). The van der Waals surface area contributed by atoms with Gasteiger partial charge in [-0.15, -0.1) is 0 Å². The fourth-order valence-electron chi connectivity index (χ4n) is 3.19. The predicted octanol–water partition coefficient (Wildman–Crippen LogP) is 3.58. The van der Waals surface area contributed by atoms with Crippen molar-refractivity contribution in [3.8, 4) is 5.75 Å². The number of carbonyl (C=O) groups is 1. The molecule has 0 aromatic heterocycles. The maximum Gasteiger partial charge on any atom is 0.265 e. The van der Waals surface area contributed by atoms with E-state index in [0.29, 0.717) is 30.9 Å². The molecule has 2 aromatic carbocycles. The number of anilines is 1.